The molecule has 146 valence electrons. The summed E-state index contributed by atoms with van der Waals surface area (Å²) in [4.78, 5) is 16.3. The van der Waals surface area contributed by atoms with Crippen LogP contribution in [-0.2, 0) is 4.79 Å². The number of nitrogens with zero attached hydrogens (tertiary/aromatic N) is 4. The number of aromatic nitrogens is 4. The highest BCUT2D eigenvalue weighted by atomic mass is 35.5. The first kappa shape index (κ1) is 20.6. The summed E-state index contributed by atoms with van der Waals surface area (Å²) < 4.78 is 1.87. The number of carbonyl (C=O) groups is 1. The SMILES string of the molecule is CCCNC(=O)[C@H](C)Sc1nnc(-c2ccncc2)n1-c1ccc(Cl)c(Cl)c1. The Kier molecular flexibility index (Phi) is 6.93. The van der Waals surface area contributed by atoms with E-state index in [1.165, 1.54) is 11.8 Å². The molecule has 3 rings (SSSR count). The highest BCUT2D eigenvalue weighted by Gasteiger charge is 2.22. The van der Waals surface area contributed by atoms with Crippen molar-refractivity contribution in [1.82, 2.24) is 25.1 Å². The Morgan fingerprint density at radius 2 is 1.93 bits per heavy atom. The second-order valence-electron chi connectivity index (χ2n) is 6.03. The lowest BCUT2D eigenvalue weighted by atomic mass is 10.2. The molecule has 3 aromatic rings. The van der Waals surface area contributed by atoms with Gasteiger partial charge in [-0.1, -0.05) is 41.9 Å². The molecule has 0 aliphatic carbocycles. The average molecular weight is 436 g/mol. The number of pyridine rings is 1. The molecule has 0 aliphatic rings. The van der Waals surface area contributed by atoms with Crippen molar-refractivity contribution in [1.29, 1.82) is 0 Å². The molecule has 6 nitrogen and oxygen atoms in total. The molecule has 0 unspecified atom stereocenters. The van der Waals surface area contributed by atoms with E-state index < -0.39 is 0 Å². The van der Waals surface area contributed by atoms with Gasteiger partial charge in [0.15, 0.2) is 11.0 Å². The molecular weight excluding hydrogens is 417 g/mol. The van der Waals surface area contributed by atoms with Crippen molar-refractivity contribution in [2.75, 3.05) is 6.54 Å². The van der Waals surface area contributed by atoms with E-state index in [2.05, 4.69) is 20.5 Å². The summed E-state index contributed by atoms with van der Waals surface area (Å²) in [6.07, 6.45) is 4.27. The lowest BCUT2D eigenvalue weighted by Gasteiger charge is -2.14. The average Bonchev–Trinajstić information content (AvgIpc) is 3.12. The van der Waals surface area contributed by atoms with Crippen molar-refractivity contribution in [3.05, 3.63) is 52.8 Å². The van der Waals surface area contributed by atoms with E-state index in [0.29, 0.717) is 27.6 Å². The Labute approximate surface area is 177 Å². The van der Waals surface area contributed by atoms with E-state index in [0.717, 1.165) is 17.7 Å². The fourth-order valence-electron chi connectivity index (χ4n) is 2.49. The second-order valence-corrected chi connectivity index (χ2v) is 8.15. The van der Waals surface area contributed by atoms with Gasteiger partial charge >= 0.3 is 0 Å². The van der Waals surface area contributed by atoms with Crippen LogP contribution in [0.1, 0.15) is 20.3 Å². The number of nitrogens with one attached hydrogen (secondary N) is 1. The number of thioether (sulfide) groups is 1. The molecule has 0 aliphatic heterocycles. The van der Waals surface area contributed by atoms with Crippen molar-refractivity contribution in [3.8, 4) is 17.1 Å². The minimum absolute atomic E-state index is 0.0407. The number of hydrogen-bond donors (Lipinski definition) is 1. The highest BCUT2D eigenvalue weighted by molar-refractivity contribution is 8.00. The van der Waals surface area contributed by atoms with E-state index >= 15 is 0 Å². The first-order chi connectivity index (χ1) is 13.5. The van der Waals surface area contributed by atoms with E-state index in [1.807, 2.05) is 36.6 Å². The normalized spacial score (nSPS) is 12.0. The maximum Gasteiger partial charge on any atom is 0.233 e. The Balaban J connectivity index is 2.02. The monoisotopic (exact) mass is 435 g/mol. The van der Waals surface area contributed by atoms with Gasteiger partial charge < -0.3 is 5.32 Å². The zero-order valence-electron chi connectivity index (χ0n) is 15.4. The van der Waals surface area contributed by atoms with Crippen molar-refractivity contribution in [2.45, 2.75) is 30.7 Å². The summed E-state index contributed by atoms with van der Waals surface area (Å²) in [5, 5.41) is 12.7. The zero-order valence-corrected chi connectivity index (χ0v) is 17.7. The van der Waals surface area contributed by atoms with Gasteiger partial charge in [-0.2, -0.15) is 0 Å². The lowest BCUT2D eigenvalue weighted by Crippen LogP contribution is -2.31. The zero-order chi connectivity index (χ0) is 20.1. The maximum absolute atomic E-state index is 12.3. The lowest BCUT2D eigenvalue weighted by molar-refractivity contribution is -0.120. The molecule has 0 saturated carbocycles. The fourth-order valence-corrected chi connectivity index (χ4v) is 3.68. The van der Waals surface area contributed by atoms with Crippen molar-refractivity contribution < 1.29 is 4.79 Å². The molecule has 9 heteroatoms. The van der Waals surface area contributed by atoms with E-state index in [1.54, 1.807) is 24.5 Å². The van der Waals surface area contributed by atoms with Crippen LogP contribution in [0.5, 0.6) is 0 Å². The Hall–Kier alpha value is -2.09. The molecule has 0 saturated heterocycles. The van der Waals surface area contributed by atoms with Crippen molar-refractivity contribution in [3.63, 3.8) is 0 Å². The van der Waals surface area contributed by atoms with Gasteiger partial charge in [0.2, 0.25) is 5.91 Å². The van der Waals surface area contributed by atoms with Gasteiger partial charge in [0.05, 0.1) is 21.0 Å². The molecule has 2 heterocycles. The molecule has 0 spiro atoms. The first-order valence-corrected chi connectivity index (χ1v) is 10.4. The van der Waals surface area contributed by atoms with E-state index in [-0.39, 0.29) is 11.2 Å². The van der Waals surface area contributed by atoms with Crippen LogP contribution in [0.15, 0.2) is 47.9 Å². The minimum atomic E-state index is -0.331. The van der Waals surface area contributed by atoms with Gasteiger partial charge in [0.1, 0.15) is 0 Å². The van der Waals surface area contributed by atoms with Crippen LogP contribution < -0.4 is 5.32 Å². The number of amides is 1. The number of halogens is 2. The van der Waals surface area contributed by atoms with Crippen LogP contribution in [0, 0.1) is 0 Å². The van der Waals surface area contributed by atoms with Gasteiger partial charge in [-0.05, 0) is 43.7 Å². The molecule has 0 fully saturated rings. The fraction of sp³-hybridized carbons (Fsp3) is 0.263. The molecule has 1 atom stereocenters. The van der Waals surface area contributed by atoms with Gasteiger partial charge in [0, 0.05) is 24.5 Å². The van der Waals surface area contributed by atoms with Gasteiger partial charge in [-0.3, -0.25) is 14.3 Å². The van der Waals surface area contributed by atoms with Crippen LogP contribution in [0.25, 0.3) is 17.1 Å². The van der Waals surface area contributed by atoms with Crippen LogP contribution in [-0.4, -0.2) is 37.5 Å². The smallest absolute Gasteiger partial charge is 0.233 e. The van der Waals surface area contributed by atoms with E-state index in [9.17, 15) is 4.79 Å². The largest absolute Gasteiger partial charge is 0.355 e. The predicted molar refractivity (Wildman–Crippen MR) is 113 cm³/mol. The standard InChI is InChI=1S/C19H19Cl2N5OS/c1-3-8-23-18(27)12(2)28-19-25-24-17(13-6-9-22-10-7-13)26(19)14-4-5-15(20)16(21)11-14/h4-7,9-12H,3,8H2,1-2H3,(H,23,27)/t12-/m0/s1. The molecule has 28 heavy (non-hydrogen) atoms. The van der Waals surface area contributed by atoms with Crippen molar-refractivity contribution in [2.24, 2.45) is 0 Å². The summed E-state index contributed by atoms with van der Waals surface area (Å²) in [6, 6.07) is 9.02. The topological polar surface area (TPSA) is 72.7 Å². The molecule has 1 aromatic carbocycles. The molecule has 0 radical (unpaired) electrons. The van der Waals surface area contributed by atoms with Crippen LogP contribution in [0.2, 0.25) is 10.0 Å². The third kappa shape index (κ3) is 4.66. The summed E-state index contributed by atoms with van der Waals surface area (Å²) in [5.74, 6) is 0.588. The Morgan fingerprint density at radius 1 is 1.18 bits per heavy atom. The van der Waals surface area contributed by atoms with Crippen LogP contribution in [0.4, 0.5) is 0 Å². The molecule has 2 aromatic heterocycles. The van der Waals surface area contributed by atoms with Crippen molar-refractivity contribution >= 4 is 40.9 Å². The minimum Gasteiger partial charge on any atom is -0.355 e. The number of hydrogen-bond acceptors (Lipinski definition) is 5. The first-order valence-electron chi connectivity index (χ1n) is 8.77. The summed E-state index contributed by atoms with van der Waals surface area (Å²) in [5.41, 5.74) is 1.61. The Bertz CT molecular complexity index is 964. The Morgan fingerprint density at radius 3 is 2.61 bits per heavy atom. The summed E-state index contributed by atoms with van der Waals surface area (Å²) in [7, 11) is 0. The second kappa shape index (κ2) is 9.41. The number of benzene rings is 1. The molecule has 1 N–H and O–H groups in total. The van der Waals surface area contributed by atoms with Gasteiger partial charge in [0.25, 0.3) is 0 Å². The molecule has 1 amide bonds. The third-order valence-corrected chi connectivity index (χ3v) is 5.72. The summed E-state index contributed by atoms with van der Waals surface area (Å²) in [6.45, 7) is 4.50. The quantitative estimate of drug-likeness (QED) is 0.547. The predicted octanol–water partition coefficient (Wildman–Crippen LogP) is 4.64. The van der Waals surface area contributed by atoms with Crippen LogP contribution in [0.3, 0.4) is 0 Å². The number of rotatable bonds is 7. The molecular formula is C19H19Cl2N5OS. The van der Waals surface area contributed by atoms with E-state index in [4.69, 9.17) is 23.2 Å². The maximum atomic E-state index is 12.3. The summed E-state index contributed by atoms with van der Waals surface area (Å²) >= 11 is 13.6. The third-order valence-electron chi connectivity index (χ3n) is 3.93. The van der Waals surface area contributed by atoms with Crippen LogP contribution >= 0.6 is 35.0 Å². The van der Waals surface area contributed by atoms with Gasteiger partial charge in [-0.15, -0.1) is 10.2 Å². The van der Waals surface area contributed by atoms with Gasteiger partial charge in [-0.25, -0.2) is 0 Å². The molecule has 0 bridgehead atoms. The highest BCUT2D eigenvalue weighted by Crippen LogP contribution is 2.32. The number of carbonyl (C=O) groups excluding carboxylic acids is 1.